The van der Waals surface area contributed by atoms with Gasteiger partial charge in [-0.3, -0.25) is 4.90 Å². The zero-order valence-electron chi connectivity index (χ0n) is 19.8. The van der Waals surface area contributed by atoms with Gasteiger partial charge in [0.2, 0.25) is 0 Å². The molecule has 3 heterocycles. The fraction of sp³-hybridized carbons (Fsp3) is 0.360. The monoisotopic (exact) mass is 476 g/mol. The molecule has 1 atom stereocenters. The molecule has 0 bridgehead atoms. The van der Waals surface area contributed by atoms with Crippen LogP contribution in [0.15, 0.2) is 53.9 Å². The third-order valence-corrected chi connectivity index (χ3v) is 6.05. The Morgan fingerprint density at radius 3 is 2.60 bits per heavy atom. The Kier molecular flexibility index (Phi) is 7.48. The van der Waals surface area contributed by atoms with Gasteiger partial charge in [0.1, 0.15) is 11.6 Å². The Labute approximate surface area is 204 Å². The second-order valence-electron chi connectivity index (χ2n) is 8.20. The minimum Gasteiger partial charge on any atom is -0.497 e. The third kappa shape index (κ3) is 5.53. The van der Waals surface area contributed by atoms with Crippen LogP contribution >= 0.6 is 0 Å². The van der Waals surface area contributed by atoms with E-state index >= 15 is 0 Å². The lowest BCUT2D eigenvalue weighted by atomic mass is 9.94. The number of urea groups is 1. The van der Waals surface area contributed by atoms with Gasteiger partial charge in [0.15, 0.2) is 0 Å². The number of nitriles is 1. The van der Waals surface area contributed by atoms with Gasteiger partial charge < -0.3 is 25.0 Å². The van der Waals surface area contributed by atoms with Crippen molar-refractivity contribution in [1.82, 2.24) is 20.5 Å². The first kappa shape index (κ1) is 24.0. The van der Waals surface area contributed by atoms with Crippen molar-refractivity contribution in [3.8, 4) is 11.8 Å². The van der Waals surface area contributed by atoms with Crippen LogP contribution in [0.5, 0.6) is 5.75 Å². The molecule has 35 heavy (non-hydrogen) atoms. The molecule has 10 nitrogen and oxygen atoms in total. The maximum atomic E-state index is 13.0. The predicted octanol–water partition coefficient (Wildman–Crippen LogP) is 1.96. The third-order valence-electron chi connectivity index (χ3n) is 6.05. The van der Waals surface area contributed by atoms with Crippen LogP contribution in [-0.4, -0.2) is 68.3 Å². The Bertz CT molecular complexity index is 1150. The van der Waals surface area contributed by atoms with E-state index in [-0.39, 0.29) is 12.6 Å². The second-order valence-corrected chi connectivity index (χ2v) is 8.20. The van der Waals surface area contributed by atoms with E-state index < -0.39 is 12.0 Å². The number of carbonyl (C=O) groups is 2. The number of methoxy groups -OCH3 is 1. The molecule has 1 unspecified atom stereocenters. The highest BCUT2D eigenvalue weighted by Gasteiger charge is 2.34. The maximum Gasteiger partial charge on any atom is 0.338 e. The summed E-state index contributed by atoms with van der Waals surface area (Å²) in [7, 11) is 1.58. The van der Waals surface area contributed by atoms with Crippen LogP contribution in [0.4, 0.5) is 10.6 Å². The number of benzene rings is 1. The SMILES string of the molecule is CCOC(=O)C1=C(CN2CCN(c3cc(C#N)ccn3)CC2)NC(=O)NC1c1ccc(OC)cc1. The van der Waals surface area contributed by atoms with Gasteiger partial charge in [-0.15, -0.1) is 0 Å². The molecule has 0 saturated carbocycles. The highest BCUT2D eigenvalue weighted by Crippen LogP contribution is 2.29. The van der Waals surface area contributed by atoms with Crippen LogP contribution in [0.25, 0.3) is 0 Å². The van der Waals surface area contributed by atoms with Crippen molar-refractivity contribution in [1.29, 1.82) is 5.26 Å². The van der Waals surface area contributed by atoms with Crippen molar-refractivity contribution >= 4 is 17.8 Å². The molecule has 182 valence electrons. The summed E-state index contributed by atoms with van der Waals surface area (Å²) in [4.78, 5) is 34.2. The van der Waals surface area contributed by atoms with Crippen LogP contribution in [-0.2, 0) is 9.53 Å². The summed E-state index contributed by atoms with van der Waals surface area (Å²) in [6, 6.07) is 11.8. The number of hydrogen-bond donors (Lipinski definition) is 2. The molecule has 2 amide bonds. The molecule has 1 fully saturated rings. The molecule has 0 aliphatic carbocycles. The lowest BCUT2D eigenvalue weighted by molar-refractivity contribution is -0.139. The van der Waals surface area contributed by atoms with Crippen LogP contribution in [0.3, 0.4) is 0 Å². The molecule has 1 saturated heterocycles. The topological polar surface area (TPSA) is 120 Å². The number of amides is 2. The van der Waals surface area contributed by atoms with Crippen molar-refractivity contribution in [3.63, 3.8) is 0 Å². The van der Waals surface area contributed by atoms with E-state index in [9.17, 15) is 9.59 Å². The molecule has 10 heteroatoms. The molecule has 2 aliphatic rings. The van der Waals surface area contributed by atoms with Crippen LogP contribution in [0, 0.1) is 11.3 Å². The number of carbonyl (C=O) groups excluding carboxylic acids is 2. The number of ether oxygens (including phenoxy) is 2. The van der Waals surface area contributed by atoms with Gasteiger partial charge in [-0.2, -0.15) is 5.26 Å². The van der Waals surface area contributed by atoms with E-state index in [1.54, 1.807) is 44.5 Å². The fourth-order valence-corrected chi connectivity index (χ4v) is 4.26. The molecule has 2 N–H and O–H groups in total. The Morgan fingerprint density at radius 1 is 1.20 bits per heavy atom. The molecular formula is C25H28N6O4. The van der Waals surface area contributed by atoms with Gasteiger partial charge in [-0.05, 0) is 36.8 Å². The van der Waals surface area contributed by atoms with Gasteiger partial charge in [0, 0.05) is 44.6 Å². The standard InChI is InChI=1S/C25H28N6O4/c1-3-35-24(32)22-20(28-25(33)29-23(22)18-4-6-19(34-2)7-5-18)16-30-10-12-31(13-11-30)21-14-17(15-26)8-9-27-21/h4-9,14,23H,3,10-13,16H2,1-2H3,(H2,28,29,33). The molecule has 1 aromatic carbocycles. The van der Waals surface area contributed by atoms with E-state index in [2.05, 4.69) is 31.5 Å². The van der Waals surface area contributed by atoms with Gasteiger partial charge in [-0.25, -0.2) is 14.6 Å². The quantitative estimate of drug-likeness (QED) is 0.582. The van der Waals surface area contributed by atoms with Crippen LogP contribution in [0.1, 0.15) is 24.1 Å². The molecule has 0 spiro atoms. The number of anilines is 1. The van der Waals surface area contributed by atoms with Gasteiger partial charge in [0.25, 0.3) is 0 Å². The molecule has 0 radical (unpaired) electrons. The van der Waals surface area contributed by atoms with E-state index in [1.165, 1.54) is 0 Å². The summed E-state index contributed by atoms with van der Waals surface area (Å²) < 4.78 is 10.6. The Balaban J connectivity index is 1.54. The predicted molar refractivity (Wildman–Crippen MR) is 129 cm³/mol. The Morgan fingerprint density at radius 2 is 1.94 bits per heavy atom. The number of rotatable bonds is 7. The molecular weight excluding hydrogens is 448 g/mol. The first-order chi connectivity index (χ1) is 17.0. The number of nitrogens with one attached hydrogen (secondary N) is 2. The van der Waals surface area contributed by atoms with Gasteiger partial charge >= 0.3 is 12.0 Å². The average molecular weight is 477 g/mol. The minimum atomic E-state index is -0.636. The van der Waals surface area contributed by atoms with Crippen molar-refractivity contribution in [2.75, 3.05) is 51.3 Å². The number of hydrogen-bond acceptors (Lipinski definition) is 8. The highest BCUT2D eigenvalue weighted by atomic mass is 16.5. The second kappa shape index (κ2) is 10.9. The fourth-order valence-electron chi connectivity index (χ4n) is 4.26. The van der Waals surface area contributed by atoms with E-state index in [4.69, 9.17) is 14.7 Å². The summed E-state index contributed by atoms with van der Waals surface area (Å²) >= 11 is 0. The van der Waals surface area contributed by atoms with Crippen molar-refractivity contribution in [2.45, 2.75) is 13.0 Å². The summed E-state index contributed by atoms with van der Waals surface area (Å²) in [5.41, 5.74) is 2.26. The first-order valence-corrected chi connectivity index (χ1v) is 11.5. The van der Waals surface area contributed by atoms with E-state index in [0.29, 0.717) is 55.3 Å². The van der Waals surface area contributed by atoms with Crippen molar-refractivity contribution < 1.29 is 19.1 Å². The van der Waals surface area contributed by atoms with E-state index in [0.717, 1.165) is 11.4 Å². The normalized spacial score (nSPS) is 18.4. The highest BCUT2D eigenvalue weighted by molar-refractivity contribution is 5.95. The summed E-state index contributed by atoms with van der Waals surface area (Å²) in [5.74, 6) is 0.986. The first-order valence-electron chi connectivity index (χ1n) is 11.5. The number of esters is 1. The molecule has 2 aromatic rings. The zero-order valence-corrected chi connectivity index (χ0v) is 19.8. The Hall–Kier alpha value is -4.10. The molecule has 4 rings (SSSR count). The van der Waals surface area contributed by atoms with Gasteiger partial charge in [0.05, 0.1) is 37.0 Å². The average Bonchev–Trinajstić information content (AvgIpc) is 2.89. The zero-order chi connectivity index (χ0) is 24.8. The maximum absolute atomic E-state index is 13.0. The lowest BCUT2D eigenvalue weighted by Crippen LogP contribution is -2.52. The minimum absolute atomic E-state index is 0.228. The van der Waals surface area contributed by atoms with Crippen molar-refractivity contribution in [3.05, 3.63) is 65.0 Å². The van der Waals surface area contributed by atoms with E-state index in [1.807, 2.05) is 12.1 Å². The molecule has 2 aliphatic heterocycles. The number of nitrogens with zero attached hydrogens (tertiary/aromatic N) is 4. The van der Waals surface area contributed by atoms with Crippen molar-refractivity contribution in [2.24, 2.45) is 0 Å². The van der Waals surface area contributed by atoms with Crippen LogP contribution < -0.4 is 20.3 Å². The number of pyridine rings is 1. The lowest BCUT2D eigenvalue weighted by Gasteiger charge is -2.37. The van der Waals surface area contributed by atoms with Crippen LogP contribution in [0.2, 0.25) is 0 Å². The smallest absolute Gasteiger partial charge is 0.338 e. The summed E-state index contributed by atoms with van der Waals surface area (Å²) in [5, 5.41) is 14.8. The summed E-state index contributed by atoms with van der Waals surface area (Å²) in [6.45, 7) is 5.20. The van der Waals surface area contributed by atoms with Gasteiger partial charge in [-0.1, -0.05) is 12.1 Å². The number of piperazine rings is 1. The largest absolute Gasteiger partial charge is 0.497 e. The summed E-state index contributed by atoms with van der Waals surface area (Å²) in [6.07, 6.45) is 1.64. The molecule has 1 aromatic heterocycles. The number of aromatic nitrogens is 1.